The van der Waals surface area contributed by atoms with Gasteiger partial charge in [0.05, 0.1) is 12.5 Å². The van der Waals surface area contributed by atoms with E-state index < -0.39 is 0 Å². The zero-order chi connectivity index (χ0) is 12.8. The minimum atomic E-state index is -0.257. The van der Waals surface area contributed by atoms with E-state index >= 15 is 0 Å². The van der Waals surface area contributed by atoms with Gasteiger partial charge < -0.3 is 15.0 Å². The average Bonchev–Trinajstić information content (AvgIpc) is 2.87. The maximum atomic E-state index is 11.9. The number of nitrogens with zero attached hydrogens (tertiary/aromatic N) is 1. The second kappa shape index (κ2) is 3.87. The van der Waals surface area contributed by atoms with Crippen LogP contribution in [-0.2, 0) is 9.53 Å². The molecule has 100 valence electrons. The third kappa shape index (κ3) is 1.45. The summed E-state index contributed by atoms with van der Waals surface area (Å²) in [6.07, 6.45) is 5.41. The molecule has 18 heavy (non-hydrogen) atoms. The maximum Gasteiger partial charge on any atom is 0.317 e. The number of amides is 2. The number of hydrogen-bond acceptors (Lipinski definition) is 3. The third-order valence-corrected chi connectivity index (χ3v) is 5.25. The zero-order valence-corrected chi connectivity index (χ0v) is 10.8. The number of carbonyl (C=O) groups excluding carboxylic acids is 2. The van der Waals surface area contributed by atoms with Crippen molar-refractivity contribution in [1.82, 2.24) is 10.2 Å². The number of hydrogen-bond donors (Lipinski definition) is 1. The molecule has 5 nitrogen and oxygen atoms in total. The zero-order valence-electron chi connectivity index (χ0n) is 10.8. The van der Waals surface area contributed by atoms with Gasteiger partial charge in [0.15, 0.2) is 0 Å². The van der Waals surface area contributed by atoms with Gasteiger partial charge in [-0.3, -0.25) is 4.79 Å². The van der Waals surface area contributed by atoms with E-state index in [0.29, 0.717) is 0 Å². The number of carbonyl (C=O) groups is 2. The van der Waals surface area contributed by atoms with Crippen molar-refractivity contribution in [2.75, 3.05) is 20.2 Å². The Morgan fingerprint density at radius 1 is 1.22 bits per heavy atom. The molecule has 0 aromatic rings. The summed E-state index contributed by atoms with van der Waals surface area (Å²) in [6, 6.07) is 0.0717. The molecule has 0 radical (unpaired) electrons. The molecule has 0 unspecified atom stereocenters. The fourth-order valence-corrected chi connectivity index (χ4v) is 4.02. The lowest BCUT2D eigenvalue weighted by molar-refractivity contribution is -0.162. The average molecular weight is 252 g/mol. The predicted octanol–water partition coefficient (Wildman–Crippen LogP) is 1.28. The molecule has 1 N–H and O–H groups in total. The van der Waals surface area contributed by atoms with Gasteiger partial charge in [0.25, 0.3) is 0 Å². The van der Waals surface area contributed by atoms with Crippen molar-refractivity contribution in [3.05, 3.63) is 0 Å². The van der Waals surface area contributed by atoms with Crippen LogP contribution in [0.25, 0.3) is 0 Å². The maximum absolute atomic E-state index is 11.9. The van der Waals surface area contributed by atoms with E-state index in [9.17, 15) is 9.59 Å². The largest absolute Gasteiger partial charge is 0.469 e. The van der Waals surface area contributed by atoms with Gasteiger partial charge in [0.2, 0.25) is 0 Å². The molecular formula is C13H20N2O3. The number of urea groups is 1. The fraction of sp³-hybridized carbons (Fsp3) is 0.846. The van der Waals surface area contributed by atoms with Gasteiger partial charge in [0, 0.05) is 18.6 Å². The second-order valence-electron chi connectivity index (χ2n) is 5.88. The Kier molecular flexibility index (Phi) is 2.54. The molecule has 2 amide bonds. The van der Waals surface area contributed by atoms with Crippen molar-refractivity contribution in [3.63, 3.8) is 0 Å². The van der Waals surface area contributed by atoms with Crippen molar-refractivity contribution >= 4 is 12.0 Å². The first-order valence-corrected chi connectivity index (χ1v) is 6.76. The van der Waals surface area contributed by atoms with Crippen LogP contribution in [0.1, 0.15) is 38.5 Å². The lowest BCUT2D eigenvalue weighted by atomic mass is 9.56. The summed E-state index contributed by atoms with van der Waals surface area (Å²) in [4.78, 5) is 25.8. The molecular weight excluding hydrogens is 232 g/mol. The third-order valence-electron chi connectivity index (χ3n) is 5.25. The van der Waals surface area contributed by atoms with Crippen LogP contribution in [0.2, 0.25) is 0 Å². The van der Waals surface area contributed by atoms with E-state index in [1.54, 1.807) is 0 Å². The van der Waals surface area contributed by atoms with Crippen LogP contribution in [-0.4, -0.2) is 42.6 Å². The standard InChI is InChI=1S/C13H20N2O3/c1-18-10(16)12-2-5-13(6-3-12,7-4-12)15-9-8-14-11(15)17/h2-9H2,1H3,(H,14,17). The minimum Gasteiger partial charge on any atom is -0.469 e. The number of fused-ring (bicyclic) bond motifs is 3. The van der Waals surface area contributed by atoms with Crippen molar-refractivity contribution in [1.29, 1.82) is 0 Å². The summed E-state index contributed by atoms with van der Waals surface area (Å²) in [5.41, 5.74) is -0.247. The predicted molar refractivity (Wildman–Crippen MR) is 65.0 cm³/mol. The Morgan fingerprint density at radius 2 is 1.83 bits per heavy atom. The summed E-state index contributed by atoms with van der Waals surface area (Å²) in [7, 11) is 1.47. The molecule has 4 fully saturated rings. The van der Waals surface area contributed by atoms with Crippen LogP contribution < -0.4 is 5.32 Å². The lowest BCUT2D eigenvalue weighted by Crippen LogP contribution is -2.59. The van der Waals surface area contributed by atoms with Crippen LogP contribution >= 0.6 is 0 Å². The summed E-state index contributed by atoms with van der Waals surface area (Å²) >= 11 is 0. The summed E-state index contributed by atoms with van der Waals surface area (Å²) in [5.74, 6) is -0.0540. The van der Waals surface area contributed by atoms with E-state index in [0.717, 1.165) is 51.6 Å². The molecule has 1 aliphatic heterocycles. The molecule has 5 heteroatoms. The highest BCUT2D eigenvalue weighted by Gasteiger charge is 2.56. The van der Waals surface area contributed by atoms with Gasteiger partial charge in [-0.2, -0.15) is 0 Å². The van der Waals surface area contributed by atoms with E-state index in [1.807, 2.05) is 4.90 Å². The highest BCUT2D eigenvalue weighted by Crippen LogP contribution is 2.55. The molecule has 2 bridgehead atoms. The number of esters is 1. The summed E-state index contributed by atoms with van der Waals surface area (Å²) in [6.45, 7) is 1.56. The van der Waals surface area contributed by atoms with E-state index in [2.05, 4.69) is 5.32 Å². The molecule has 0 atom stereocenters. The molecule has 1 saturated heterocycles. The topological polar surface area (TPSA) is 58.6 Å². The Bertz CT molecular complexity index is 369. The lowest BCUT2D eigenvalue weighted by Gasteiger charge is -2.55. The molecule has 3 aliphatic carbocycles. The molecule has 1 heterocycles. The van der Waals surface area contributed by atoms with E-state index in [-0.39, 0.29) is 23.0 Å². The van der Waals surface area contributed by atoms with Gasteiger partial charge in [0.1, 0.15) is 0 Å². The number of ether oxygens (including phenoxy) is 1. The van der Waals surface area contributed by atoms with Crippen LogP contribution in [0.5, 0.6) is 0 Å². The second-order valence-corrected chi connectivity index (χ2v) is 5.88. The highest BCUT2D eigenvalue weighted by atomic mass is 16.5. The first-order valence-electron chi connectivity index (χ1n) is 6.76. The number of nitrogens with one attached hydrogen (secondary N) is 1. The van der Waals surface area contributed by atoms with Gasteiger partial charge in [-0.25, -0.2) is 4.79 Å². The molecule has 4 aliphatic rings. The Hall–Kier alpha value is -1.26. The summed E-state index contributed by atoms with van der Waals surface area (Å²) < 4.78 is 4.96. The molecule has 0 aromatic heterocycles. The van der Waals surface area contributed by atoms with Crippen molar-refractivity contribution in [2.24, 2.45) is 5.41 Å². The van der Waals surface area contributed by atoms with Gasteiger partial charge in [-0.15, -0.1) is 0 Å². The quantitative estimate of drug-likeness (QED) is 0.753. The SMILES string of the molecule is COC(=O)C12CCC(N3CCNC3=O)(CC1)CC2. The minimum absolute atomic E-state index is 0.0103. The molecule has 4 rings (SSSR count). The molecule has 0 spiro atoms. The fourth-order valence-electron chi connectivity index (χ4n) is 4.02. The molecule has 3 saturated carbocycles. The number of rotatable bonds is 2. The normalized spacial score (nSPS) is 38.7. The van der Waals surface area contributed by atoms with E-state index in [1.165, 1.54) is 7.11 Å². The Labute approximate surface area is 107 Å². The van der Waals surface area contributed by atoms with Gasteiger partial charge in [-0.05, 0) is 38.5 Å². The first kappa shape index (κ1) is 11.8. The first-order chi connectivity index (χ1) is 8.62. The smallest absolute Gasteiger partial charge is 0.317 e. The number of methoxy groups -OCH3 is 1. The van der Waals surface area contributed by atoms with Crippen LogP contribution in [0, 0.1) is 5.41 Å². The van der Waals surface area contributed by atoms with Crippen molar-refractivity contribution in [2.45, 2.75) is 44.1 Å². The van der Waals surface area contributed by atoms with Crippen molar-refractivity contribution < 1.29 is 14.3 Å². The molecule has 0 aromatic carbocycles. The van der Waals surface area contributed by atoms with Crippen LogP contribution in [0.4, 0.5) is 4.79 Å². The highest BCUT2D eigenvalue weighted by molar-refractivity contribution is 5.79. The monoisotopic (exact) mass is 252 g/mol. The van der Waals surface area contributed by atoms with Gasteiger partial charge in [-0.1, -0.05) is 0 Å². The Balaban J connectivity index is 1.78. The van der Waals surface area contributed by atoms with Gasteiger partial charge >= 0.3 is 12.0 Å². The van der Waals surface area contributed by atoms with Crippen LogP contribution in [0.3, 0.4) is 0 Å². The van der Waals surface area contributed by atoms with Crippen molar-refractivity contribution in [3.8, 4) is 0 Å². The van der Waals surface area contributed by atoms with E-state index in [4.69, 9.17) is 4.74 Å². The Morgan fingerprint density at radius 3 is 2.28 bits per heavy atom. The van der Waals surface area contributed by atoms with Crippen LogP contribution in [0.15, 0.2) is 0 Å². The summed E-state index contributed by atoms with van der Waals surface area (Å²) in [5, 5.41) is 2.88.